The predicted octanol–water partition coefficient (Wildman–Crippen LogP) is 4.72. The van der Waals surface area contributed by atoms with Gasteiger partial charge in [0, 0.05) is 16.9 Å². The zero-order chi connectivity index (χ0) is 13.3. The van der Waals surface area contributed by atoms with Crippen molar-refractivity contribution in [3.63, 3.8) is 0 Å². The molecule has 1 N–H and O–H groups in total. The van der Waals surface area contributed by atoms with E-state index in [1.807, 2.05) is 0 Å². The smallest absolute Gasteiger partial charge is 0.0175 e. The summed E-state index contributed by atoms with van der Waals surface area (Å²) in [6, 6.07) is 9.04. The Labute approximate surface area is 125 Å². The molecule has 1 saturated heterocycles. The van der Waals surface area contributed by atoms with Crippen LogP contribution < -0.4 is 5.32 Å². The molecule has 1 saturated carbocycles. The molecule has 0 bridgehead atoms. The maximum atomic E-state index is 3.62. The Hall–Kier alpha value is -0.340. The second kappa shape index (κ2) is 5.57. The first-order valence-corrected chi connectivity index (χ1v) is 8.49. The molecular formula is C17H24BrN. The molecule has 0 aromatic heterocycles. The Morgan fingerprint density at radius 1 is 1.26 bits per heavy atom. The fourth-order valence-electron chi connectivity index (χ4n) is 4.30. The summed E-state index contributed by atoms with van der Waals surface area (Å²) in [6.07, 6.45) is 7.07. The number of rotatable bonds is 2. The number of benzene rings is 1. The minimum Gasteiger partial charge on any atom is -0.316 e. The van der Waals surface area contributed by atoms with Crippen LogP contribution >= 0.6 is 15.9 Å². The third-order valence-electron chi connectivity index (χ3n) is 5.48. The highest BCUT2D eigenvalue weighted by Crippen LogP contribution is 2.54. The molecule has 19 heavy (non-hydrogen) atoms. The number of nitrogens with one attached hydrogen (secondary N) is 1. The third-order valence-corrected chi connectivity index (χ3v) is 6.01. The van der Waals surface area contributed by atoms with Gasteiger partial charge in [0.2, 0.25) is 0 Å². The van der Waals surface area contributed by atoms with Crippen LogP contribution in [0.15, 0.2) is 28.7 Å². The fraction of sp³-hybridized carbons (Fsp3) is 0.647. The quantitative estimate of drug-likeness (QED) is 0.830. The van der Waals surface area contributed by atoms with Crippen molar-refractivity contribution in [1.82, 2.24) is 5.32 Å². The van der Waals surface area contributed by atoms with Gasteiger partial charge in [-0.2, -0.15) is 0 Å². The maximum Gasteiger partial charge on any atom is 0.0175 e. The summed E-state index contributed by atoms with van der Waals surface area (Å²) in [6.45, 7) is 4.74. The van der Waals surface area contributed by atoms with Crippen molar-refractivity contribution in [3.8, 4) is 0 Å². The first-order chi connectivity index (χ1) is 9.23. The summed E-state index contributed by atoms with van der Waals surface area (Å²) in [5.74, 6) is 1.68. The molecule has 1 aliphatic heterocycles. The SMILES string of the molecule is CCC1CCC2(CCNCC2c2ccc(Br)cc2)C1. The lowest BCUT2D eigenvalue weighted by molar-refractivity contribution is 0.162. The van der Waals surface area contributed by atoms with Gasteiger partial charge in [0.05, 0.1) is 0 Å². The van der Waals surface area contributed by atoms with Crippen LogP contribution in [-0.2, 0) is 0 Å². The van der Waals surface area contributed by atoms with E-state index in [4.69, 9.17) is 0 Å². The van der Waals surface area contributed by atoms with E-state index in [2.05, 4.69) is 52.4 Å². The van der Waals surface area contributed by atoms with E-state index in [1.54, 1.807) is 0 Å². The summed E-state index contributed by atoms with van der Waals surface area (Å²) in [4.78, 5) is 0. The number of hydrogen-bond donors (Lipinski definition) is 1. The van der Waals surface area contributed by atoms with E-state index in [1.165, 1.54) is 48.7 Å². The van der Waals surface area contributed by atoms with Crippen molar-refractivity contribution >= 4 is 15.9 Å². The van der Waals surface area contributed by atoms with Crippen LogP contribution in [0.3, 0.4) is 0 Å². The molecule has 1 nitrogen and oxygen atoms in total. The largest absolute Gasteiger partial charge is 0.316 e. The third kappa shape index (κ3) is 2.62. The second-order valence-corrected chi connectivity index (χ2v) is 7.35. The zero-order valence-electron chi connectivity index (χ0n) is 11.8. The Bertz CT molecular complexity index is 427. The van der Waals surface area contributed by atoms with Gasteiger partial charge in [0.1, 0.15) is 0 Å². The summed E-state index contributed by atoms with van der Waals surface area (Å²) >= 11 is 3.55. The zero-order valence-corrected chi connectivity index (χ0v) is 13.4. The van der Waals surface area contributed by atoms with Gasteiger partial charge in [-0.05, 0) is 61.3 Å². The first-order valence-electron chi connectivity index (χ1n) is 7.70. The highest BCUT2D eigenvalue weighted by Gasteiger charge is 2.45. The topological polar surface area (TPSA) is 12.0 Å². The van der Waals surface area contributed by atoms with Crippen LogP contribution in [0.5, 0.6) is 0 Å². The number of hydrogen-bond acceptors (Lipinski definition) is 1. The lowest BCUT2D eigenvalue weighted by Crippen LogP contribution is -2.42. The molecule has 2 heteroatoms. The Balaban J connectivity index is 1.87. The lowest BCUT2D eigenvalue weighted by Gasteiger charge is -2.42. The van der Waals surface area contributed by atoms with Crippen LogP contribution in [0.2, 0.25) is 0 Å². The molecule has 3 atom stereocenters. The maximum absolute atomic E-state index is 3.62. The molecule has 0 amide bonds. The second-order valence-electron chi connectivity index (χ2n) is 6.44. The van der Waals surface area contributed by atoms with Gasteiger partial charge >= 0.3 is 0 Å². The highest BCUT2D eigenvalue weighted by molar-refractivity contribution is 9.10. The summed E-state index contributed by atoms with van der Waals surface area (Å²) in [5.41, 5.74) is 2.12. The van der Waals surface area contributed by atoms with Crippen molar-refractivity contribution in [1.29, 1.82) is 0 Å². The molecule has 1 heterocycles. The average molecular weight is 322 g/mol. The van der Waals surface area contributed by atoms with E-state index < -0.39 is 0 Å². The Morgan fingerprint density at radius 3 is 2.74 bits per heavy atom. The summed E-state index contributed by atoms with van der Waals surface area (Å²) in [7, 11) is 0. The van der Waals surface area contributed by atoms with Gasteiger partial charge < -0.3 is 5.32 Å². The Morgan fingerprint density at radius 2 is 2.05 bits per heavy atom. The minimum absolute atomic E-state index is 0.583. The molecular weight excluding hydrogens is 298 g/mol. The van der Waals surface area contributed by atoms with Crippen molar-refractivity contribution in [2.45, 2.75) is 44.9 Å². The number of halogens is 1. The van der Waals surface area contributed by atoms with Crippen LogP contribution in [0, 0.1) is 11.3 Å². The fourth-order valence-corrected chi connectivity index (χ4v) is 4.57. The van der Waals surface area contributed by atoms with E-state index in [9.17, 15) is 0 Å². The molecule has 2 fully saturated rings. The van der Waals surface area contributed by atoms with E-state index >= 15 is 0 Å². The van der Waals surface area contributed by atoms with Gasteiger partial charge in [-0.1, -0.05) is 41.4 Å². The standard InChI is InChI=1S/C17H24BrN/c1-2-13-7-8-17(11-13)9-10-19-12-16(17)14-3-5-15(18)6-4-14/h3-6,13,16,19H,2,7-12H2,1H3. The van der Waals surface area contributed by atoms with Gasteiger partial charge in [0.15, 0.2) is 0 Å². The normalized spacial score (nSPS) is 34.8. The predicted molar refractivity (Wildman–Crippen MR) is 84.4 cm³/mol. The molecule has 0 radical (unpaired) electrons. The molecule has 1 aromatic rings. The minimum atomic E-state index is 0.583. The van der Waals surface area contributed by atoms with Crippen LogP contribution in [0.4, 0.5) is 0 Å². The van der Waals surface area contributed by atoms with Crippen molar-refractivity contribution < 1.29 is 0 Å². The van der Waals surface area contributed by atoms with Crippen LogP contribution in [-0.4, -0.2) is 13.1 Å². The molecule has 1 spiro atoms. The molecule has 1 aliphatic carbocycles. The molecule has 3 unspecified atom stereocenters. The van der Waals surface area contributed by atoms with Gasteiger partial charge in [-0.15, -0.1) is 0 Å². The summed E-state index contributed by atoms with van der Waals surface area (Å²) in [5, 5.41) is 3.62. The van der Waals surface area contributed by atoms with Gasteiger partial charge in [-0.3, -0.25) is 0 Å². The van der Waals surface area contributed by atoms with Crippen molar-refractivity contribution in [2.75, 3.05) is 13.1 Å². The first kappa shape index (κ1) is 13.6. The van der Waals surface area contributed by atoms with Gasteiger partial charge in [-0.25, -0.2) is 0 Å². The van der Waals surface area contributed by atoms with E-state index in [0.717, 1.165) is 12.5 Å². The number of piperidine rings is 1. The van der Waals surface area contributed by atoms with Crippen molar-refractivity contribution in [3.05, 3.63) is 34.3 Å². The molecule has 104 valence electrons. The molecule has 1 aromatic carbocycles. The van der Waals surface area contributed by atoms with E-state index in [0.29, 0.717) is 11.3 Å². The average Bonchev–Trinajstić information content (AvgIpc) is 2.84. The highest BCUT2D eigenvalue weighted by atomic mass is 79.9. The van der Waals surface area contributed by atoms with Crippen LogP contribution in [0.25, 0.3) is 0 Å². The Kier molecular flexibility index (Phi) is 4.00. The lowest BCUT2D eigenvalue weighted by atomic mass is 9.66. The summed E-state index contributed by atoms with van der Waals surface area (Å²) < 4.78 is 1.19. The van der Waals surface area contributed by atoms with Crippen molar-refractivity contribution in [2.24, 2.45) is 11.3 Å². The monoisotopic (exact) mass is 321 g/mol. The molecule has 2 aliphatic rings. The van der Waals surface area contributed by atoms with Gasteiger partial charge in [0.25, 0.3) is 0 Å². The van der Waals surface area contributed by atoms with Crippen LogP contribution in [0.1, 0.15) is 50.5 Å². The van der Waals surface area contributed by atoms with E-state index in [-0.39, 0.29) is 0 Å². The molecule has 3 rings (SSSR count).